The predicted octanol–water partition coefficient (Wildman–Crippen LogP) is 0.958. The fourth-order valence-corrected chi connectivity index (χ4v) is 3.14. The summed E-state index contributed by atoms with van der Waals surface area (Å²) >= 11 is 1.70. The molecule has 2 atom stereocenters. The highest BCUT2D eigenvalue weighted by Gasteiger charge is 2.28. The van der Waals surface area contributed by atoms with Gasteiger partial charge in [-0.1, -0.05) is 0 Å². The zero-order valence-electron chi connectivity index (χ0n) is 10.1. The molecule has 1 aliphatic heterocycles. The van der Waals surface area contributed by atoms with Gasteiger partial charge >= 0.3 is 0 Å². The number of carbonyl (C=O) groups excluding carboxylic acids is 1. The number of rotatable bonds is 4. The van der Waals surface area contributed by atoms with Gasteiger partial charge in [-0.2, -0.15) is 11.3 Å². The maximum absolute atomic E-state index is 11.0. The van der Waals surface area contributed by atoms with Crippen molar-refractivity contribution in [1.29, 1.82) is 0 Å². The Labute approximate surface area is 106 Å². The summed E-state index contributed by atoms with van der Waals surface area (Å²) in [5.41, 5.74) is 7.16. The van der Waals surface area contributed by atoms with Crippen LogP contribution in [0.2, 0.25) is 0 Å². The van der Waals surface area contributed by atoms with Gasteiger partial charge in [0, 0.05) is 38.6 Å². The van der Waals surface area contributed by atoms with Crippen molar-refractivity contribution in [2.45, 2.75) is 25.4 Å². The lowest BCUT2D eigenvalue weighted by atomic mass is 10.1. The summed E-state index contributed by atoms with van der Waals surface area (Å²) in [6.07, 6.45) is 1.01. The first-order valence-electron chi connectivity index (χ1n) is 5.94. The summed E-state index contributed by atoms with van der Waals surface area (Å²) in [6.45, 7) is 4.10. The van der Waals surface area contributed by atoms with Crippen LogP contribution in [0.4, 0.5) is 0 Å². The van der Waals surface area contributed by atoms with E-state index < -0.39 is 0 Å². The van der Waals surface area contributed by atoms with Crippen LogP contribution in [0.3, 0.4) is 0 Å². The lowest BCUT2D eigenvalue weighted by Gasteiger charge is -2.26. The van der Waals surface area contributed by atoms with Gasteiger partial charge in [-0.3, -0.25) is 9.69 Å². The third-order valence-corrected chi connectivity index (χ3v) is 3.92. The number of amides is 1. The molecule has 1 aromatic heterocycles. The zero-order chi connectivity index (χ0) is 12.3. The van der Waals surface area contributed by atoms with E-state index in [0.29, 0.717) is 12.6 Å². The highest BCUT2D eigenvalue weighted by Crippen LogP contribution is 2.25. The van der Waals surface area contributed by atoms with Gasteiger partial charge in [-0.05, 0) is 28.8 Å². The Kier molecular flexibility index (Phi) is 4.15. The van der Waals surface area contributed by atoms with Gasteiger partial charge in [0.1, 0.15) is 0 Å². The highest BCUT2D eigenvalue weighted by atomic mass is 32.1. The molecule has 1 aromatic rings. The maximum atomic E-state index is 11.0. The molecule has 1 saturated heterocycles. The average molecular weight is 253 g/mol. The van der Waals surface area contributed by atoms with Gasteiger partial charge in [-0.25, -0.2) is 0 Å². The average Bonchev–Trinajstić information content (AvgIpc) is 2.90. The molecule has 1 fully saturated rings. The minimum absolute atomic E-state index is 0.0525. The molecule has 17 heavy (non-hydrogen) atoms. The van der Waals surface area contributed by atoms with Crippen molar-refractivity contribution in [2.75, 3.05) is 19.6 Å². The van der Waals surface area contributed by atoms with Gasteiger partial charge in [0.2, 0.25) is 5.91 Å². The van der Waals surface area contributed by atoms with Crippen molar-refractivity contribution in [3.8, 4) is 0 Å². The Hall–Kier alpha value is -0.910. The molecule has 2 unspecified atom stereocenters. The molecule has 2 heterocycles. The van der Waals surface area contributed by atoms with Crippen molar-refractivity contribution >= 4 is 17.2 Å². The number of nitrogens with zero attached hydrogens (tertiary/aromatic N) is 1. The van der Waals surface area contributed by atoms with E-state index in [2.05, 4.69) is 27.0 Å². The third kappa shape index (κ3) is 3.06. The first-order chi connectivity index (χ1) is 8.20. The molecular weight excluding hydrogens is 234 g/mol. The van der Waals surface area contributed by atoms with Crippen LogP contribution in [0.15, 0.2) is 16.8 Å². The van der Waals surface area contributed by atoms with Gasteiger partial charge < -0.3 is 11.1 Å². The topological polar surface area (TPSA) is 58.4 Å². The van der Waals surface area contributed by atoms with E-state index in [9.17, 15) is 4.79 Å². The van der Waals surface area contributed by atoms with E-state index in [1.54, 1.807) is 18.3 Å². The van der Waals surface area contributed by atoms with Crippen LogP contribution in [-0.2, 0) is 4.79 Å². The predicted molar refractivity (Wildman–Crippen MR) is 69.9 cm³/mol. The number of hydrogen-bond acceptors (Lipinski definition) is 4. The molecule has 1 aliphatic rings. The third-order valence-electron chi connectivity index (χ3n) is 3.22. The molecule has 1 amide bonds. The van der Waals surface area contributed by atoms with Crippen LogP contribution < -0.4 is 11.1 Å². The van der Waals surface area contributed by atoms with Crippen LogP contribution >= 0.6 is 11.3 Å². The molecule has 0 aliphatic carbocycles. The van der Waals surface area contributed by atoms with Crippen molar-refractivity contribution in [3.63, 3.8) is 0 Å². The molecule has 0 aromatic carbocycles. The molecule has 3 N–H and O–H groups in total. The number of likely N-dealkylation sites (tertiary alicyclic amines) is 1. The highest BCUT2D eigenvalue weighted by molar-refractivity contribution is 7.07. The molecule has 2 rings (SSSR count). The number of thiophene rings is 1. The minimum atomic E-state index is 0.0525. The summed E-state index contributed by atoms with van der Waals surface area (Å²) in [5.74, 6) is 0.0525. The van der Waals surface area contributed by atoms with E-state index in [-0.39, 0.29) is 11.9 Å². The Morgan fingerprint density at radius 1 is 1.76 bits per heavy atom. The largest absolute Gasteiger partial charge is 0.352 e. The smallest absolute Gasteiger partial charge is 0.217 e. The molecular formula is C12H19N3OS. The molecule has 5 heteroatoms. The standard InChI is InChI=1S/C12H19N3OS/c1-9(16)14-11-2-4-15(7-11)12(6-13)10-3-5-17-8-10/h3,5,8,11-12H,2,4,6-7,13H2,1H3,(H,14,16). The van der Waals surface area contributed by atoms with Crippen molar-refractivity contribution < 1.29 is 4.79 Å². The SMILES string of the molecule is CC(=O)NC1CCN(C(CN)c2ccsc2)C1. The lowest BCUT2D eigenvalue weighted by molar-refractivity contribution is -0.119. The summed E-state index contributed by atoms with van der Waals surface area (Å²) < 4.78 is 0. The van der Waals surface area contributed by atoms with E-state index in [4.69, 9.17) is 5.73 Å². The Balaban J connectivity index is 1.96. The first kappa shape index (κ1) is 12.5. The monoisotopic (exact) mass is 253 g/mol. The van der Waals surface area contributed by atoms with Gasteiger partial charge in [-0.15, -0.1) is 0 Å². The van der Waals surface area contributed by atoms with Crippen LogP contribution in [0.1, 0.15) is 24.9 Å². The summed E-state index contributed by atoms with van der Waals surface area (Å²) in [7, 11) is 0. The van der Waals surface area contributed by atoms with Crippen molar-refractivity contribution in [1.82, 2.24) is 10.2 Å². The Bertz CT molecular complexity index is 366. The molecule has 4 nitrogen and oxygen atoms in total. The Morgan fingerprint density at radius 2 is 2.59 bits per heavy atom. The second kappa shape index (κ2) is 5.62. The van der Waals surface area contributed by atoms with Crippen LogP contribution in [0.5, 0.6) is 0 Å². The lowest BCUT2D eigenvalue weighted by Crippen LogP contribution is -2.38. The normalized spacial score (nSPS) is 22.6. The van der Waals surface area contributed by atoms with E-state index in [0.717, 1.165) is 19.5 Å². The zero-order valence-corrected chi connectivity index (χ0v) is 10.9. The van der Waals surface area contributed by atoms with Gasteiger partial charge in [0.25, 0.3) is 0 Å². The van der Waals surface area contributed by atoms with E-state index in [1.165, 1.54) is 5.56 Å². The second-order valence-corrected chi connectivity index (χ2v) is 5.27. The molecule has 0 bridgehead atoms. The molecule has 0 saturated carbocycles. The fourth-order valence-electron chi connectivity index (χ4n) is 2.44. The van der Waals surface area contributed by atoms with Crippen LogP contribution in [0.25, 0.3) is 0 Å². The summed E-state index contributed by atoms with van der Waals surface area (Å²) in [6, 6.07) is 2.70. The number of carbonyl (C=O) groups is 1. The van der Waals surface area contributed by atoms with E-state index >= 15 is 0 Å². The molecule has 0 radical (unpaired) electrons. The quantitative estimate of drug-likeness (QED) is 0.840. The molecule has 94 valence electrons. The van der Waals surface area contributed by atoms with Crippen molar-refractivity contribution in [2.24, 2.45) is 5.73 Å². The fraction of sp³-hybridized carbons (Fsp3) is 0.583. The second-order valence-electron chi connectivity index (χ2n) is 4.49. The summed E-state index contributed by atoms with van der Waals surface area (Å²) in [5, 5.41) is 7.22. The molecule has 0 spiro atoms. The summed E-state index contributed by atoms with van der Waals surface area (Å²) in [4.78, 5) is 13.4. The number of nitrogens with one attached hydrogen (secondary N) is 1. The number of hydrogen-bond donors (Lipinski definition) is 2. The maximum Gasteiger partial charge on any atom is 0.217 e. The van der Waals surface area contributed by atoms with Crippen molar-refractivity contribution in [3.05, 3.63) is 22.4 Å². The van der Waals surface area contributed by atoms with Crippen LogP contribution in [0, 0.1) is 0 Å². The van der Waals surface area contributed by atoms with Gasteiger partial charge in [0.05, 0.1) is 0 Å². The first-order valence-corrected chi connectivity index (χ1v) is 6.88. The van der Waals surface area contributed by atoms with Crippen LogP contribution in [-0.4, -0.2) is 36.5 Å². The minimum Gasteiger partial charge on any atom is -0.352 e. The van der Waals surface area contributed by atoms with E-state index in [1.807, 2.05) is 0 Å². The Morgan fingerprint density at radius 3 is 3.18 bits per heavy atom. The van der Waals surface area contributed by atoms with Gasteiger partial charge in [0.15, 0.2) is 0 Å². The number of nitrogens with two attached hydrogens (primary N) is 1.